The van der Waals surface area contributed by atoms with E-state index in [9.17, 15) is 8.42 Å². The van der Waals surface area contributed by atoms with Crippen LogP contribution in [-0.2, 0) is 10.0 Å². The molecule has 6 nitrogen and oxygen atoms in total. The second-order valence-corrected chi connectivity index (χ2v) is 9.59. The summed E-state index contributed by atoms with van der Waals surface area (Å²) < 4.78 is 33.7. The summed E-state index contributed by atoms with van der Waals surface area (Å²) in [6.07, 6.45) is 2.15. The van der Waals surface area contributed by atoms with Gasteiger partial charge in [-0.05, 0) is 51.3 Å². The second kappa shape index (κ2) is 6.21. The fourth-order valence-electron chi connectivity index (χ4n) is 2.80. The number of nitrogens with zero attached hydrogens (tertiary/aromatic N) is 2. The number of aryl methyl sites for hydroxylation is 3. The van der Waals surface area contributed by atoms with Gasteiger partial charge < -0.3 is 4.52 Å². The molecule has 1 fully saturated rings. The zero-order chi connectivity index (χ0) is 18.5. The Morgan fingerprint density at radius 2 is 1.96 bits per heavy atom. The van der Waals surface area contributed by atoms with Crippen molar-refractivity contribution in [2.75, 3.05) is 4.72 Å². The van der Waals surface area contributed by atoms with Gasteiger partial charge in [-0.15, -0.1) is 11.3 Å². The second-order valence-electron chi connectivity index (χ2n) is 6.69. The van der Waals surface area contributed by atoms with Gasteiger partial charge in [-0.2, -0.15) is 4.98 Å². The minimum atomic E-state index is -3.69. The van der Waals surface area contributed by atoms with Gasteiger partial charge in [-0.25, -0.2) is 8.42 Å². The summed E-state index contributed by atoms with van der Waals surface area (Å²) in [6, 6.07) is 7.23. The van der Waals surface area contributed by atoms with Crippen LogP contribution in [0.15, 0.2) is 33.7 Å². The summed E-state index contributed by atoms with van der Waals surface area (Å²) >= 11 is 1.35. The number of nitrogens with one attached hydrogen (secondary N) is 1. The van der Waals surface area contributed by atoms with Crippen molar-refractivity contribution in [1.82, 2.24) is 10.1 Å². The van der Waals surface area contributed by atoms with Crippen LogP contribution in [0.1, 0.15) is 40.7 Å². The van der Waals surface area contributed by atoms with Crippen molar-refractivity contribution in [2.45, 2.75) is 44.4 Å². The largest absolute Gasteiger partial charge is 0.339 e. The van der Waals surface area contributed by atoms with Gasteiger partial charge in [-0.1, -0.05) is 22.9 Å². The van der Waals surface area contributed by atoms with Crippen molar-refractivity contribution in [3.05, 3.63) is 46.2 Å². The third kappa shape index (κ3) is 3.26. The highest BCUT2D eigenvalue weighted by atomic mass is 32.2. The molecule has 1 aromatic carbocycles. The van der Waals surface area contributed by atoms with Crippen LogP contribution in [0.25, 0.3) is 10.7 Å². The summed E-state index contributed by atoms with van der Waals surface area (Å²) in [5.41, 5.74) is 2.55. The maximum absolute atomic E-state index is 12.9. The fraction of sp³-hybridized carbons (Fsp3) is 0.333. The lowest BCUT2D eigenvalue weighted by atomic mass is 10.1. The lowest BCUT2D eigenvalue weighted by Gasteiger charge is -2.10. The van der Waals surface area contributed by atoms with E-state index in [1.165, 1.54) is 11.3 Å². The Bertz CT molecular complexity index is 1080. The number of anilines is 1. The van der Waals surface area contributed by atoms with Gasteiger partial charge in [0, 0.05) is 10.8 Å². The van der Waals surface area contributed by atoms with Gasteiger partial charge in [0.25, 0.3) is 10.0 Å². The molecule has 136 valence electrons. The maximum atomic E-state index is 12.9. The average Bonchev–Trinajstić information content (AvgIpc) is 3.16. The highest BCUT2D eigenvalue weighted by Gasteiger charge is 2.30. The van der Waals surface area contributed by atoms with E-state index in [2.05, 4.69) is 14.9 Å². The minimum absolute atomic E-state index is 0.246. The van der Waals surface area contributed by atoms with Crippen molar-refractivity contribution in [2.24, 2.45) is 0 Å². The maximum Gasteiger partial charge on any atom is 0.263 e. The number of rotatable bonds is 5. The smallest absolute Gasteiger partial charge is 0.263 e. The lowest BCUT2D eigenvalue weighted by molar-refractivity contribution is 0.380. The molecule has 8 heteroatoms. The number of benzene rings is 1. The van der Waals surface area contributed by atoms with Crippen LogP contribution >= 0.6 is 11.3 Å². The molecule has 1 saturated carbocycles. The standard InChI is InChI=1S/C18H19N3O3S2/c1-10-4-7-14(11(2)8-10)21-26(22,23)16-9-15(25-12(16)3)17-19-18(24-20-17)13-5-6-13/h4,7-9,13,21H,5-6H2,1-3H3. The molecule has 3 aromatic rings. The molecule has 0 atom stereocenters. The summed E-state index contributed by atoms with van der Waals surface area (Å²) in [5.74, 6) is 1.46. The van der Waals surface area contributed by atoms with Gasteiger partial charge in [0.1, 0.15) is 4.90 Å². The van der Waals surface area contributed by atoms with Crippen molar-refractivity contribution in [3.8, 4) is 10.7 Å². The molecule has 0 bridgehead atoms. The number of aromatic nitrogens is 2. The third-order valence-corrected chi connectivity index (χ3v) is 7.04. The Hall–Kier alpha value is -2.19. The normalized spacial score (nSPS) is 14.6. The SMILES string of the molecule is Cc1ccc(NS(=O)(=O)c2cc(-c3noc(C4CC4)n3)sc2C)c(C)c1. The first kappa shape index (κ1) is 17.2. The Morgan fingerprint density at radius 1 is 1.19 bits per heavy atom. The van der Waals surface area contributed by atoms with Crippen molar-refractivity contribution < 1.29 is 12.9 Å². The first-order valence-electron chi connectivity index (χ1n) is 8.38. The molecule has 0 saturated heterocycles. The predicted molar refractivity (Wildman–Crippen MR) is 101 cm³/mol. The van der Waals surface area contributed by atoms with E-state index in [0.29, 0.717) is 33.1 Å². The summed E-state index contributed by atoms with van der Waals surface area (Å²) in [7, 11) is -3.69. The van der Waals surface area contributed by atoms with E-state index < -0.39 is 10.0 Å². The third-order valence-electron chi connectivity index (χ3n) is 4.38. The zero-order valence-electron chi connectivity index (χ0n) is 14.7. The van der Waals surface area contributed by atoms with E-state index in [1.54, 1.807) is 19.1 Å². The van der Waals surface area contributed by atoms with Crippen LogP contribution in [0.4, 0.5) is 5.69 Å². The Labute approximate surface area is 156 Å². The molecule has 1 N–H and O–H groups in total. The number of sulfonamides is 1. The fourth-order valence-corrected chi connectivity index (χ4v) is 5.45. The van der Waals surface area contributed by atoms with Crippen LogP contribution in [-0.4, -0.2) is 18.6 Å². The van der Waals surface area contributed by atoms with E-state index >= 15 is 0 Å². The number of hydrogen-bond acceptors (Lipinski definition) is 6. The van der Waals surface area contributed by atoms with E-state index in [0.717, 1.165) is 24.0 Å². The molecule has 4 rings (SSSR count). The molecule has 0 spiro atoms. The van der Waals surface area contributed by atoms with E-state index in [-0.39, 0.29) is 4.90 Å². The molecule has 0 radical (unpaired) electrons. The summed E-state index contributed by atoms with van der Waals surface area (Å²) in [5, 5.41) is 4.00. The molecule has 26 heavy (non-hydrogen) atoms. The lowest BCUT2D eigenvalue weighted by Crippen LogP contribution is -2.14. The van der Waals surface area contributed by atoms with Gasteiger partial charge in [0.2, 0.25) is 11.7 Å². The Morgan fingerprint density at radius 3 is 2.65 bits per heavy atom. The average molecular weight is 390 g/mol. The van der Waals surface area contributed by atoms with Crippen LogP contribution < -0.4 is 4.72 Å². The Balaban J connectivity index is 1.64. The molecule has 0 unspecified atom stereocenters. The van der Waals surface area contributed by atoms with Crippen LogP contribution in [0.5, 0.6) is 0 Å². The highest BCUT2D eigenvalue weighted by Crippen LogP contribution is 2.40. The zero-order valence-corrected chi connectivity index (χ0v) is 16.4. The molecule has 2 aromatic heterocycles. The van der Waals surface area contributed by atoms with Crippen molar-refractivity contribution >= 4 is 27.0 Å². The monoisotopic (exact) mass is 389 g/mol. The van der Waals surface area contributed by atoms with Crippen LogP contribution in [0.3, 0.4) is 0 Å². The first-order chi connectivity index (χ1) is 12.3. The molecule has 1 aliphatic rings. The molecule has 0 aliphatic heterocycles. The van der Waals surface area contributed by atoms with Crippen molar-refractivity contribution in [3.63, 3.8) is 0 Å². The van der Waals surface area contributed by atoms with Gasteiger partial charge in [-0.3, -0.25) is 4.72 Å². The van der Waals surface area contributed by atoms with Gasteiger partial charge in [0.15, 0.2) is 0 Å². The molecule has 2 heterocycles. The topological polar surface area (TPSA) is 85.1 Å². The van der Waals surface area contributed by atoms with Crippen molar-refractivity contribution in [1.29, 1.82) is 0 Å². The quantitative estimate of drug-likeness (QED) is 0.699. The minimum Gasteiger partial charge on any atom is -0.339 e. The van der Waals surface area contributed by atoms with Gasteiger partial charge >= 0.3 is 0 Å². The van der Waals surface area contributed by atoms with Crippen LogP contribution in [0, 0.1) is 20.8 Å². The Kier molecular flexibility index (Phi) is 4.11. The van der Waals surface area contributed by atoms with E-state index in [4.69, 9.17) is 4.52 Å². The number of hydrogen-bond donors (Lipinski definition) is 1. The highest BCUT2D eigenvalue weighted by molar-refractivity contribution is 7.93. The molecule has 0 amide bonds. The summed E-state index contributed by atoms with van der Waals surface area (Å²) in [4.78, 5) is 6.03. The summed E-state index contributed by atoms with van der Waals surface area (Å²) in [6.45, 7) is 5.64. The van der Waals surface area contributed by atoms with Crippen LogP contribution in [0.2, 0.25) is 0 Å². The predicted octanol–water partition coefficient (Wildman–Crippen LogP) is 4.40. The number of thiophene rings is 1. The molecular formula is C18H19N3O3S2. The van der Waals surface area contributed by atoms with Gasteiger partial charge in [0.05, 0.1) is 10.6 Å². The molecular weight excluding hydrogens is 370 g/mol. The first-order valence-corrected chi connectivity index (χ1v) is 10.7. The molecule has 1 aliphatic carbocycles. The van der Waals surface area contributed by atoms with E-state index in [1.807, 2.05) is 26.0 Å².